The zero-order chi connectivity index (χ0) is 14.0. The second-order valence-electron chi connectivity index (χ2n) is 5.80. The average Bonchev–Trinajstić information content (AvgIpc) is 2.43. The highest BCUT2D eigenvalue weighted by Crippen LogP contribution is 2.38. The highest BCUT2D eigenvalue weighted by molar-refractivity contribution is 7.80. The summed E-state index contributed by atoms with van der Waals surface area (Å²) in [4.78, 5) is 24.1. The molecule has 4 nitrogen and oxygen atoms in total. The summed E-state index contributed by atoms with van der Waals surface area (Å²) in [6.45, 7) is 3.98. The van der Waals surface area contributed by atoms with Crippen molar-refractivity contribution in [2.75, 3.05) is 5.75 Å². The van der Waals surface area contributed by atoms with Gasteiger partial charge in [0.25, 0.3) is 11.1 Å². The molecule has 0 unspecified atom stereocenters. The van der Waals surface area contributed by atoms with Gasteiger partial charge in [-0.1, -0.05) is 19.3 Å². The summed E-state index contributed by atoms with van der Waals surface area (Å²) in [5.41, 5.74) is 0.875. The molecule has 0 atom stereocenters. The lowest BCUT2D eigenvalue weighted by Gasteiger charge is -2.36. The number of nitrogens with zero attached hydrogens (tertiary/aromatic N) is 1. The maximum absolute atomic E-state index is 12.2. The van der Waals surface area contributed by atoms with Crippen molar-refractivity contribution >= 4 is 12.6 Å². The van der Waals surface area contributed by atoms with Gasteiger partial charge in [-0.15, -0.1) is 0 Å². The van der Waals surface area contributed by atoms with Crippen molar-refractivity contribution in [3.05, 3.63) is 31.8 Å². The number of rotatable bonds is 3. The molecule has 1 aromatic rings. The van der Waals surface area contributed by atoms with E-state index in [0.717, 1.165) is 18.6 Å². The molecule has 0 radical (unpaired) electrons. The Balaban J connectivity index is 2.38. The Labute approximate surface area is 118 Å². The highest BCUT2D eigenvalue weighted by Gasteiger charge is 2.31. The Hall–Kier alpha value is -0.970. The van der Waals surface area contributed by atoms with Crippen LogP contribution >= 0.6 is 12.6 Å². The van der Waals surface area contributed by atoms with Crippen LogP contribution in [0.1, 0.15) is 43.2 Å². The number of aromatic amines is 1. The Morgan fingerprint density at radius 1 is 1.16 bits per heavy atom. The second-order valence-corrected chi connectivity index (χ2v) is 6.12. The van der Waals surface area contributed by atoms with Gasteiger partial charge in [0, 0.05) is 17.7 Å². The van der Waals surface area contributed by atoms with Crippen LogP contribution in [0.2, 0.25) is 0 Å². The van der Waals surface area contributed by atoms with E-state index in [1.807, 2.05) is 0 Å². The Bertz CT molecular complexity index is 568. The minimum Gasteiger partial charge on any atom is -0.268 e. The fraction of sp³-hybridized carbons (Fsp3) is 0.714. The molecule has 0 aromatic carbocycles. The van der Waals surface area contributed by atoms with Gasteiger partial charge < -0.3 is 0 Å². The van der Waals surface area contributed by atoms with E-state index < -0.39 is 0 Å². The third-order valence-electron chi connectivity index (χ3n) is 4.45. The Morgan fingerprint density at radius 2 is 1.79 bits per heavy atom. The van der Waals surface area contributed by atoms with E-state index in [1.54, 1.807) is 13.8 Å². The van der Waals surface area contributed by atoms with Crippen LogP contribution in [-0.4, -0.2) is 15.5 Å². The molecule has 1 aromatic heterocycles. The van der Waals surface area contributed by atoms with Gasteiger partial charge in [-0.3, -0.25) is 14.7 Å². The van der Waals surface area contributed by atoms with Gasteiger partial charge in [-0.25, -0.2) is 4.68 Å². The molecule has 1 aliphatic carbocycles. The van der Waals surface area contributed by atoms with Gasteiger partial charge in [-0.05, 0) is 37.9 Å². The number of nitrogens with one attached hydrogen (secondary N) is 1. The molecule has 1 aliphatic rings. The van der Waals surface area contributed by atoms with Gasteiger partial charge in [0.15, 0.2) is 0 Å². The molecular weight excluding hydrogens is 260 g/mol. The quantitative estimate of drug-likeness (QED) is 0.834. The SMILES string of the molecule is Cc1c(C)c(=O)n(CC2(CS)CCCCC2)[nH]c1=O. The molecule has 0 aliphatic heterocycles. The predicted octanol–water partition coefficient (Wildman–Crippen LogP) is 2.03. The Kier molecular flexibility index (Phi) is 4.23. The fourth-order valence-electron chi connectivity index (χ4n) is 2.91. The number of H-pyrrole nitrogens is 1. The van der Waals surface area contributed by atoms with Crippen molar-refractivity contribution < 1.29 is 0 Å². The van der Waals surface area contributed by atoms with E-state index in [2.05, 4.69) is 17.7 Å². The van der Waals surface area contributed by atoms with Crippen molar-refractivity contribution in [3.63, 3.8) is 0 Å². The largest absolute Gasteiger partial charge is 0.268 e. The van der Waals surface area contributed by atoms with Crippen LogP contribution in [0.3, 0.4) is 0 Å². The van der Waals surface area contributed by atoms with Crippen molar-refractivity contribution in [1.29, 1.82) is 0 Å². The summed E-state index contributed by atoms with van der Waals surface area (Å²) in [6.07, 6.45) is 5.79. The lowest BCUT2D eigenvalue weighted by Crippen LogP contribution is -2.40. The van der Waals surface area contributed by atoms with E-state index in [0.29, 0.717) is 17.7 Å². The van der Waals surface area contributed by atoms with E-state index in [9.17, 15) is 9.59 Å². The van der Waals surface area contributed by atoms with Crippen LogP contribution in [0.15, 0.2) is 9.59 Å². The van der Waals surface area contributed by atoms with E-state index in [1.165, 1.54) is 23.9 Å². The molecule has 0 saturated heterocycles. The number of hydrogen-bond acceptors (Lipinski definition) is 3. The first kappa shape index (κ1) is 14.4. The maximum Gasteiger partial charge on any atom is 0.268 e. The topological polar surface area (TPSA) is 54.9 Å². The zero-order valence-electron chi connectivity index (χ0n) is 11.7. The molecule has 2 rings (SSSR count). The zero-order valence-corrected chi connectivity index (χ0v) is 12.6. The summed E-state index contributed by atoms with van der Waals surface area (Å²) >= 11 is 4.48. The van der Waals surface area contributed by atoms with Gasteiger partial charge in [0.1, 0.15) is 0 Å². The number of hydrogen-bond donors (Lipinski definition) is 2. The van der Waals surface area contributed by atoms with E-state index in [-0.39, 0.29) is 16.5 Å². The summed E-state index contributed by atoms with van der Waals surface area (Å²) in [7, 11) is 0. The van der Waals surface area contributed by atoms with Crippen LogP contribution in [0, 0.1) is 19.3 Å². The first-order valence-corrected chi connectivity index (χ1v) is 7.53. The second kappa shape index (κ2) is 5.57. The van der Waals surface area contributed by atoms with Crippen LogP contribution in [0.25, 0.3) is 0 Å². The lowest BCUT2D eigenvalue weighted by atomic mass is 9.75. The van der Waals surface area contributed by atoms with Crippen LogP contribution in [0.4, 0.5) is 0 Å². The summed E-state index contributed by atoms with van der Waals surface area (Å²) in [5.74, 6) is 0.758. The first-order valence-electron chi connectivity index (χ1n) is 6.90. The van der Waals surface area contributed by atoms with Crippen molar-refractivity contribution in [1.82, 2.24) is 9.78 Å². The predicted molar refractivity (Wildman–Crippen MR) is 80.2 cm³/mol. The minimum atomic E-state index is -0.165. The van der Waals surface area contributed by atoms with Gasteiger partial charge >= 0.3 is 0 Å². The monoisotopic (exact) mass is 282 g/mol. The summed E-state index contributed by atoms with van der Waals surface area (Å²) in [6, 6.07) is 0. The van der Waals surface area contributed by atoms with Crippen molar-refractivity contribution in [3.8, 4) is 0 Å². The normalized spacial score (nSPS) is 18.5. The molecule has 0 spiro atoms. The molecule has 5 heteroatoms. The average molecular weight is 282 g/mol. The van der Waals surface area contributed by atoms with Crippen LogP contribution in [-0.2, 0) is 6.54 Å². The van der Waals surface area contributed by atoms with Crippen molar-refractivity contribution in [2.45, 2.75) is 52.5 Å². The van der Waals surface area contributed by atoms with Gasteiger partial charge in [0.05, 0.1) is 0 Å². The minimum absolute atomic E-state index is 0.0514. The molecule has 1 N–H and O–H groups in total. The lowest BCUT2D eigenvalue weighted by molar-refractivity contribution is 0.178. The van der Waals surface area contributed by atoms with Gasteiger partial charge in [-0.2, -0.15) is 12.6 Å². The third-order valence-corrected chi connectivity index (χ3v) is 5.12. The smallest absolute Gasteiger partial charge is 0.268 e. The van der Waals surface area contributed by atoms with Crippen molar-refractivity contribution in [2.24, 2.45) is 5.41 Å². The third kappa shape index (κ3) is 2.81. The molecule has 0 amide bonds. The molecule has 106 valence electrons. The fourth-order valence-corrected chi connectivity index (χ4v) is 3.32. The Morgan fingerprint density at radius 3 is 2.37 bits per heavy atom. The van der Waals surface area contributed by atoms with E-state index in [4.69, 9.17) is 0 Å². The summed E-state index contributed by atoms with van der Waals surface area (Å²) in [5, 5.41) is 2.71. The van der Waals surface area contributed by atoms with E-state index >= 15 is 0 Å². The highest BCUT2D eigenvalue weighted by atomic mass is 32.1. The molecular formula is C14H22N2O2S. The molecule has 0 bridgehead atoms. The first-order chi connectivity index (χ1) is 8.99. The molecule has 19 heavy (non-hydrogen) atoms. The number of aromatic nitrogens is 2. The van der Waals surface area contributed by atoms with Crippen LogP contribution in [0.5, 0.6) is 0 Å². The van der Waals surface area contributed by atoms with Crippen LogP contribution < -0.4 is 11.1 Å². The maximum atomic E-state index is 12.2. The summed E-state index contributed by atoms with van der Waals surface area (Å²) < 4.78 is 1.49. The molecule has 1 saturated carbocycles. The molecule has 1 fully saturated rings. The van der Waals surface area contributed by atoms with Gasteiger partial charge in [0.2, 0.25) is 0 Å². The standard InChI is InChI=1S/C14H22N2O2S/c1-10-11(2)13(18)16(15-12(10)17)8-14(9-19)6-4-3-5-7-14/h19H,3-9H2,1-2H3,(H,15,17). The number of thiol groups is 1. The molecule has 1 heterocycles.